The summed E-state index contributed by atoms with van der Waals surface area (Å²) in [6.07, 6.45) is -0.0369. The Kier molecular flexibility index (Phi) is 4.44. The third kappa shape index (κ3) is 3.26. The van der Waals surface area contributed by atoms with Gasteiger partial charge in [-0.2, -0.15) is 0 Å². The van der Waals surface area contributed by atoms with Crippen LogP contribution in [0.3, 0.4) is 0 Å². The van der Waals surface area contributed by atoms with E-state index in [4.69, 9.17) is 11.6 Å². The van der Waals surface area contributed by atoms with E-state index in [1.807, 2.05) is 0 Å². The van der Waals surface area contributed by atoms with Crippen LogP contribution in [-0.4, -0.2) is 36.2 Å². The minimum Gasteiger partial charge on any atom is -0.469 e. The second kappa shape index (κ2) is 5.90. The first-order chi connectivity index (χ1) is 9.01. The van der Waals surface area contributed by atoms with Crippen molar-refractivity contribution in [1.29, 1.82) is 0 Å². The number of carbonyl (C=O) groups is 2. The summed E-state index contributed by atoms with van der Waals surface area (Å²) in [5, 5.41) is 12.6. The molecule has 19 heavy (non-hydrogen) atoms. The fourth-order valence-electron chi connectivity index (χ4n) is 2.21. The van der Waals surface area contributed by atoms with Crippen molar-refractivity contribution in [2.24, 2.45) is 5.92 Å². The second-order valence-electron chi connectivity index (χ2n) is 4.44. The maximum atomic E-state index is 11.9. The van der Waals surface area contributed by atoms with Crippen LogP contribution in [0.15, 0.2) is 12.1 Å². The van der Waals surface area contributed by atoms with Crippen molar-refractivity contribution in [3.63, 3.8) is 0 Å². The van der Waals surface area contributed by atoms with Crippen molar-refractivity contribution in [1.82, 2.24) is 5.32 Å². The van der Waals surface area contributed by atoms with E-state index in [0.717, 1.165) is 0 Å². The number of aliphatic hydroxyl groups excluding tert-OH is 1. The van der Waals surface area contributed by atoms with Crippen molar-refractivity contribution >= 4 is 34.8 Å². The number of methoxy groups -OCH3 is 1. The molecule has 104 valence electrons. The highest BCUT2D eigenvalue weighted by atomic mass is 35.5. The summed E-state index contributed by atoms with van der Waals surface area (Å²) < 4.78 is 5.18. The first kappa shape index (κ1) is 14.3. The van der Waals surface area contributed by atoms with Crippen LogP contribution in [0.1, 0.15) is 22.5 Å². The Hall–Kier alpha value is -1.11. The first-order valence-electron chi connectivity index (χ1n) is 5.83. The van der Waals surface area contributed by atoms with Crippen LogP contribution in [0.5, 0.6) is 0 Å². The molecule has 3 unspecified atom stereocenters. The smallest absolute Gasteiger partial charge is 0.308 e. The summed E-state index contributed by atoms with van der Waals surface area (Å²) in [6, 6.07) is 2.84. The Labute approximate surface area is 119 Å². The number of hydrogen-bond donors (Lipinski definition) is 2. The molecule has 0 spiro atoms. The molecule has 2 N–H and O–H groups in total. The van der Waals surface area contributed by atoms with Crippen LogP contribution in [0, 0.1) is 5.92 Å². The predicted molar refractivity (Wildman–Crippen MR) is 71.3 cm³/mol. The molecule has 0 aromatic carbocycles. The predicted octanol–water partition coefficient (Wildman–Crippen LogP) is 1.44. The number of amides is 1. The topological polar surface area (TPSA) is 75.6 Å². The van der Waals surface area contributed by atoms with Gasteiger partial charge in [0.25, 0.3) is 5.91 Å². The van der Waals surface area contributed by atoms with E-state index in [1.165, 1.54) is 18.4 Å². The lowest BCUT2D eigenvalue weighted by molar-refractivity contribution is -0.145. The van der Waals surface area contributed by atoms with Gasteiger partial charge in [0, 0.05) is 0 Å². The van der Waals surface area contributed by atoms with Gasteiger partial charge < -0.3 is 15.2 Å². The number of thiophene rings is 1. The molecule has 2 rings (SSSR count). The Morgan fingerprint density at radius 3 is 2.79 bits per heavy atom. The molecular formula is C12H14ClNO4S. The molecule has 0 radical (unpaired) electrons. The normalized spacial score (nSPS) is 26.2. The zero-order valence-corrected chi connectivity index (χ0v) is 11.8. The second-order valence-corrected chi connectivity index (χ2v) is 6.16. The lowest BCUT2D eigenvalue weighted by Gasteiger charge is -2.15. The van der Waals surface area contributed by atoms with Gasteiger partial charge in [-0.15, -0.1) is 11.3 Å². The highest BCUT2D eigenvalue weighted by molar-refractivity contribution is 7.17. The summed E-state index contributed by atoms with van der Waals surface area (Å²) >= 11 is 6.93. The average Bonchev–Trinajstić information content (AvgIpc) is 2.96. The van der Waals surface area contributed by atoms with Gasteiger partial charge in [0.05, 0.1) is 34.4 Å². The van der Waals surface area contributed by atoms with E-state index in [9.17, 15) is 14.7 Å². The quantitative estimate of drug-likeness (QED) is 0.829. The molecule has 0 bridgehead atoms. The van der Waals surface area contributed by atoms with Crippen molar-refractivity contribution < 1.29 is 19.4 Å². The molecule has 7 heteroatoms. The standard InChI is InChI=1S/C12H14ClNO4S/c1-18-12(17)6-4-7(8(15)5-6)14-11(16)9-2-3-10(13)19-9/h2-3,6-8,15H,4-5H2,1H3,(H,14,16). The van der Waals surface area contributed by atoms with Gasteiger partial charge >= 0.3 is 5.97 Å². The molecule has 1 saturated carbocycles. The molecule has 1 aromatic rings. The lowest BCUT2D eigenvalue weighted by Crippen LogP contribution is -2.39. The van der Waals surface area contributed by atoms with Crippen molar-refractivity contribution in [2.45, 2.75) is 25.0 Å². The summed E-state index contributed by atoms with van der Waals surface area (Å²) in [6.45, 7) is 0. The van der Waals surface area contributed by atoms with Crippen LogP contribution in [0.4, 0.5) is 0 Å². The summed E-state index contributed by atoms with van der Waals surface area (Å²) in [5.74, 6) is -1.00. The van der Waals surface area contributed by atoms with Crippen LogP contribution < -0.4 is 5.32 Å². The van der Waals surface area contributed by atoms with Crippen LogP contribution in [0.25, 0.3) is 0 Å². The Bertz CT molecular complexity index is 490. The van der Waals surface area contributed by atoms with Crippen LogP contribution >= 0.6 is 22.9 Å². The molecule has 1 amide bonds. The van der Waals surface area contributed by atoms with Crippen molar-refractivity contribution in [2.75, 3.05) is 7.11 Å². The van der Waals surface area contributed by atoms with E-state index in [-0.39, 0.29) is 17.8 Å². The molecule has 0 aliphatic heterocycles. The number of rotatable bonds is 3. The number of esters is 1. The zero-order valence-electron chi connectivity index (χ0n) is 10.3. The third-order valence-electron chi connectivity index (χ3n) is 3.18. The minimum absolute atomic E-state index is 0.286. The number of carbonyl (C=O) groups excluding carboxylic acids is 2. The van der Waals surface area contributed by atoms with E-state index in [0.29, 0.717) is 22.1 Å². The molecule has 1 heterocycles. The van der Waals surface area contributed by atoms with E-state index in [2.05, 4.69) is 10.1 Å². The average molecular weight is 304 g/mol. The number of nitrogens with one attached hydrogen (secondary N) is 1. The molecular weight excluding hydrogens is 290 g/mol. The Balaban J connectivity index is 1.96. The van der Waals surface area contributed by atoms with Gasteiger partial charge in [-0.05, 0) is 25.0 Å². The first-order valence-corrected chi connectivity index (χ1v) is 7.02. The van der Waals surface area contributed by atoms with E-state index in [1.54, 1.807) is 12.1 Å². The third-order valence-corrected chi connectivity index (χ3v) is 4.41. The Morgan fingerprint density at radius 2 is 2.21 bits per heavy atom. The largest absolute Gasteiger partial charge is 0.469 e. The van der Waals surface area contributed by atoms with Crippen molar-refractivity contribution in [3.8, 4) is 0 Å². The highest BCUT2D eigenvalue weighted by Crippen LogP contribution is 2.28. The number of hydrogen-bond acceptors (Lipinski definition) is 5. The molecule has 1 aliphatic carbocycles. The van der Waals surface area contributed by atoms with Crippen LogP contribution in [0.2, 0.25) is 4.34 Å². The van der Waals surface area contributed by atoms with Gasteiger partial charge in [0.1, 0.15) is 0 Å². The number of halogens is 1. The number of ether oxygens (including phenoxy) is 1. The van der Waals surface area contributed by atoms with Gasteiger partial charge in [-0.1, -0.05) is 11.6 Å². The summed E-state index contributed by atoms with van der Waals surface area (Å²) in [5.41, 5.74) is 0. The van der Waals surface area contributed by atoms with E-state index >= 15 is 0 Å². The van der Waals surface area contributed by atoms with E-state index < -0.39 is 12.1 Å². The zero-order chi connectivity index (χ0) is 14.0. The van der Waals surface area contributed by atoms with Gasteiger partial charge in [-0.25, -0.2) is 0 Å². The monoisotopic (exact) mass is 303 g/mol. The number of aliphatic hydroxyl groups is 1. The SMILES string of the molecule is COC(=O)C1CC(O)C(NC(=O)c2ccc(Cl)s2)C1. The van der Waals surface area contributed by atoms with Crippen LogP contribution in [-0.2, 0) is 9.53 Å². The molecule has 0 saturated heterocycles. The minimum atomic E-state index is -0.733. The lowest BCUT2D eigenvalue weighted by atomic mass is 10.1. The van der Waals surface area contributed by atoms with Gasteiger partial charge in [0.2, 0.25) is 0 Å². The fourth-order valence-corrected chi connectivity index (χ4v) is 3.15. The Morgan fingerprint density at radius 1 is 1.47 bits per heavy atom. The maximum absolute atomic E-state index is 11.9. The summed E-state index contributed by atoms with van der Waals surface area (Å²) in [7, 11) is 1.31. The maximum Gasteiger partial charge on any atom is 0.308 e. The molecule has 5 nitrogen and oxygen atoms in total. The summed E-state index contributed by atoms with van der Waals surface area (Å²) in [4.78, 5) is 23.8. The highest BCUT2D eigenvalue weighted by Gasteiger charge is 2.38. The molecule has 3 atom stereocenters. The van der Waals surface area contributed by atoms with Crippen molar-refractivity contribution in [3.05, 3.63) is 21.3 Å². The van der Waals surface area contributed by atoms with Gasteiger partial charge in [-0.3, -0.25) is 9.59 Å². The fraction of sp³-hybridized carbons (Fsp3) is 0.500. The molecule has 1 aliphatic rings. The molecule has 1 fully saturated rings. The molecule has 1 aromatic heterocycles. The van der Waals surface area contributed by atoms with Gasteiger partial charge in [0.15, 0.2) is 0 Å².